The first-order valence-corrected chi connectivity index (χ1v) is 8.75. The Labute approximate surface area is 167 Å². The maximum absolute atomic E-state index is 13.2. The van der Waals surface area contributed by atoms with E-state index in [2.05, 4.69) is 21.2 Å². The van der Waals surface area contributed by atoms with E-state index in [-0.39, 0.29) is 22.2 Å². The second-order valence-electron chi connectivity index (χ2n) is 5.49. The topological polar surface area (TPSA) is 78.9 Å². The van der Waals surface area contributed by atoms with Crippen LogP contribution in [0.25, 0.3) is 6.08 Å². The summed E-state index contributed by atoms with van der Waals surface area (Å²) < 4.78 is 18.6. The molecule has 0 radical (unpaired) electrons. The van der Waals surface area contributed by atoms with E-state index in [0.29, 0.717) is 15.7 Å². The van der Waals surface area contributed by atoms with E-state index in [1.807, 2.05) is 0 Å². The molecule has 2 N–H and O–H groups in total. The molecule has 3 rings (SSSR count). The van der Waals surface area contributed by atoms with Gasteiger partial charge in [-0.05, 0) is 76.2 Å². The van der Waals surface area contributed by atoms with Crippen LogP contribution in [0, 0.1) is 5.82 Å². The van der Waals surface area contributed by atoms with Crippen LogP contribution in [0.2, 0.25) is 0 Å². The number of carbonyl (C=O) groups is 2. The molecule has 0 spiro atoms. The number of anilines is 1. The number of rotatable bonds is 3. The second kappa shape index (κ2) is 7.45. The number of phenolic OH excluding ortho intramolecular Hbond substituents is 1. The molecule has 9 heteroatoms. The lowest BCUT2D eigenvalue weighted by molar-refractivity contribution is -0.122. The SMILES string of the molecule is COc1cc(C=C2C(=O)NC(=S)N(c3ccc(F)cc3)C2=O)cc(Br)c1O. The minimum Gasteiger partial charge on any atom is -0.503 e. The van der Waals surface area contributed by atoms with Crippen molar-refractivity contribution in [2.45, 2.75) is 0 Å². The molecule has 6 nitrogen and oxygen atoms in total. The molecular weight excluding hydrogens is 439 g/mol. The van der Waals surface area contributed by atoms with Crippen LogP contribution in [0.5, 0.6) is 11.5 Å². The van der Waals surface area contributed by atoms with Gasteiger partial charge in [0, 0.05) is 0 Å². The van der Waals surface area contributed by atoms with Crippen LogP contribution in [0.3, 0.4) is 0 Å². The lowest BCUT2D eigenvalue weighted by Gasteiger charge is -2.28. The van der Waals surface area contributed by atoms with Gasteiger partial charge in [0.25, 0.3) is 11.8 Å². The highest BCUT2D eigenvalue weighted by Crippen LogP contribution is 2.36. The summed E-state index contributed by atoms with van der Waals surface area (Å²) in [6.07, 6.45) is 1.35. The summed E-state index contributed by atoms with van der Waals surface area (Å²) >= 11 is 8.27. The van der Waals surface area contributed by atoms with Gasteiger partial charge in [-0.3, -0.25) is 19.8 Å². The number of hydrogen-bond donors (Lipinski definition) is 2. The van der Waals surface area contributed by atoms with Crippen molar-refractivity contribution in [2.24, 2.45) is 0 Å². The highest BCUT2D eigenvalue weighted by Gasteiger charge is 2.34. The van der Waals surface area contributed by atoms with Gasteiger partial charge in [0.15, 0.2) is 16.6 Å². The first-order chi connectivity index (χ1) is 12.8. The van der Waals surface area contributed by atoms with E-state index in [1.165, 1.54) is 49.6 Å². The number of nitrogens with zero attached hydrogens (tertiary/aromatic N) is 1. The summed E-state index contributed by atoms with van der Waals surface area (Å²) in [7, 11) is 1.38. The number of halogens is 2. The van der Waals surface area contributed by atoms with Gasteiger partial charge in [-0.15, -0.1) is 0 Å². The molecule has 0 aliphatic carbocycles. The van der Waals surface area contributed by atoms with Crippen molar-refractivity contribution in [3.8, 4) is 11.5 Å². The molecule has 2 aromatic carbocycles. The van der Waals surface area contributed by atoms with E-state index in [4.69, 9.17) is 17.0 Å². The van der Waals surface area contributed by atoms with E-state index >= 15 is 0 Å². The number of thiocarbonyl (C=S) groups is 1. The maximum Gasteiger partial charge on any atom is 0.270 e. The molecule has 1 saturated heterocycles. The summed E-state index contributed by atoms with van der Waals surface area (Å²) in [4.78, 5) is 26.3. The summed E-state index contributed by atoms with van der Waals surface area (Å²) in [6, 6.07) is 8.15. The molecule has 0 bridgehead atoms. The monoisotopic (exact) mass is 450 g/mol. The average molecular weight is 451 g/mol. The highest BCUT2D eigenvalue weighted by atomic mass is 79.9. The van der Waals surface area contributed by atoms with Crippen LogP contribution in [0.1, 0.15) is 5.56 Å². The first-order valence-electron chi connectivity index (χ1n) is 7.55. The van der Waals surface area contributed by atoms with Gasteiger partial charge in [-0.1, -0.05) is 0 Å². The molecule has 0 atom stereocenters. The molecular formula is C18H12BrFN2O4S. The van der Waals surface area contributed by atoms with Crippen LogP contribution in [0.4, 0.5) is 10.1 Å². The summed E-state index contributed by atoms with van der Waals surface area (Å²) in [5.41, 5.74) is 0.594. The number of carbonyl (C=O) groups excluding carboxylic acids is 2. The predicted octanol–water partition coefficient (Wildman–Crippen LogP) is 3.13. The molecule has 0 saturated carbocycles. The molecule has 1 aliphatic rings. The third kappa shape index (κ3) is 3.69. The quantitative estimate of drug-likeness (QED) is 0.426. The number of methoxy groups -OCH3 is 1. The molecule has 1 aliphatic heterocycles. The summed E-state index contributed by atoms with van der Waals surface area (Å²) in [5, 5.41) is 12.2. The third-order valence-electron chi connectivity index (χ3n) is 3.77. The van der Waals surface area contributed by atoms with Crippen molar-refractivity contribution in [1.29, 1.82) is 0 Å². The predicted molar refractivity (Wildman–Crippen MR) is 105 cm³/mol. The fourth-order valence-corrected chi connectivity index (χ4v) is 3.22. The highest BCUT2D eigenvalue weighted by molar-refractivity contribution is 9.10. The zero-order valence-electron chi connectivity index (χ0n) is 13.8. The van der Waals surface area contributed by atoms with Crippen LogP contribution >= 0.6 is 28.1 Å². The standard InChI is InChI=1S/C18H12BrFN2O4S/c1-26-14-8-9(7-13(19)15(14)23)6-12-16(24)21-18(27)22(17(12)25)11-4-2-10(20)3-5-11/h2-8,23H,1H3,(H,21,24,27). The van der Waals surface area contributed by atoms with Crippen LogP contribution in [0.15, 0.2) is 46.4 Å². The van der Waals surface area contributed by atoms with Gasteiger partial charge in [0.2, 0.25) is 0 Å². The number of phenols is 1. The van der Waals surface area contributed by atoms with Gasteiger partial charge in [-0.25, -0.2) is 4.39 Å². The zero-order chi connectivity index (χ0) is 19.7. The molecule has 138 valence electrons. The molecule has 0 aromatic heterocycles. The zero-order valence-corrected chi connectivity index (χ0v) is 16.2. The number of amides is 2. The summed E-state index contributed by atoms with van der Waals surface area (Å²) in [5.74, 6) is -1.71. The van der Waals surface area contributed by atoms with Gasteiger partial charge in [0.05, 0.1) is 17.3 Å². The Morgan fingerprint density at radius 2 is 1.93 bits per heavy atom. The Morgan fingerprint density at radius 3 is 2.56 bits per heavy atom. The Morgan fingerprint density at radius 1 is 1.26 bits per heavy atom. The fraction of sp³-hybridized carbons (Fsp3) is 0.0556. The smallest absolute Gasteiger partial charge is 0.270 e. The molecule has 1 heterocycles. The van der Waals surface area contributed by atoms with Crippen LogP contribution < -0.4 is 15.0 Å². The average Bonchev–Trinajstić information content (AvgIpc) is 2.62. The molecule has 0 unspecified atom stereocenters. The number of benzene rings is 2. The van der Waals surface area contributed by atoms with E-state index in [0.717, 1.165) is 4.90 Å². The van der Waals surface area contributed by atoms with Crippen molar-refractivity contribution < 1.29 is 23.8 Å². The number of ether oxygens (including phenoxy) is 1. The van der Waals surface area contributed by atoms with Gasteiger partial charge in [0.1, 0.15) is 11.4 Å². The third-order valence-corrected chi connectivity index (χ3v) is 4.66. The minimum absolute atomic E-state index is 0.0989. The largest absolute Gasteiger partial charge is 0.503 e. The van der Waals surface area contributed by atoms with Crippen molar-refractivity contribution in [3.63, 3.8) is 0 Å². The van der Waals surface area contributed by atoms with Crippen LogP contribution in [-0.4, -0.2) is 29.1 Å². The number of hydrogen-bond acceptors (Lipinski definition) is 5. The van der Waals surface area contributed by atoms with Gasteiger partial charge < -0.3 is 9.84 Å². The second-order valence-corrected chi connectivity index (χ2v) is 6.73. The fourth-order valence-electron chi connectivity index (χ4n) is 2.48. The number of aromatic hydroxyl groups is 1. The molecule has 1 fully saturated rings. The van der Waals surface area contributed by atoms with Crippen LogP contribution in [-0.2, 0) is 9.59 Å². The van der Waals surface area contributed by atoms with E-state index in [1.54, 1.807) is 0 Å². The Hall–Kier alpha value is -2.78. The van der Waals surface area contributed by atoms with Gasteiger partial charge in [-0.2, -0.15) is 0 Å². The lowest BCUT2D eigenvalue weighted by atomic mass is 10.1. The van der Waals surface area contributed by atoms with Crippen molar-refractivity contribution in [3.05, 3.63) is 57.8 Å². The van der Waals surface area contributed by atoms with E-state index in [9.17, 15) is 19.1 Å². The Balaban J connectivity index is 2.04. The van der Waals surface area contributed by atoms with Crippen molar-refractivity contribution in [2.75, 3.05) is 12.0 Å². The Bertz CT molecular complexity index is 992. The molecule has 27 heavy (non-hydrogen) atoms. The van der Waals surface area contributed by atoms with E-state index < -0.39 is 17.6 Å². The molecule has 2 aromatic rings. The minimum atomic E-state index is -0.661. The maximum atomic E-state index is 13.2. The molecule has 2 amide bonds. The normalized spacial score (nSPS) is 15.9. The Kier molecular flexibility index (Phi) is 5.24. The first kappa shape index (κ1) is 19.0. The summed E-state index contributed by atoms with van der Waals surface area (Å²) in [6.45, 7) is 0. The lowest BCUT2D eigenvalue weighted by Crippen LogP contribution is -2.54. The van der Waals surface area contributed by atoms with Gasteiger partial charge >= 0.3 is 0 Å². The number of nitrogens with one attached hydrogen (secondary N) is 1. The van der Waals surface area contributed by atoms with Crippen molar-refractivity contribution in [1.82, 2.24) is 5.32 Å². The van der Waals surface area contributed by atoms with Crippen molar-refractivity contribution >= 4 is 56.8 Å².